The topological polar surface area (TPSA) is 29.1 Å². The average Bonchev–Trinajstić information content (AvgIpc) is 2.50. The Morgan fingerprint density at radius 2 is 1.86 bits per heavy atom. The number of hydrogen-bond donors (Lipinski definition) is 1. The predicted molar refractivity (Wildman–Crippen MR) is 89.5 cm³/mol. The molecule has 0 aromatic heterocycles. The highest BCUT2D eigenvalue weighted by atomic mass is 32.2. The summed E-state index contributed by atoms with van der Waals surface area (Å²) in [6, 6.07) is 13.1. The van der Waals surface area contributed by atoms with Crippen LogP contribution in [0.4, 0.5) is 4.39 Å². The summed E-state index contributed by atoms with van der Waals surface area (Å²) >= 11 is 1.52. The van der Waals surface area contributed by atoms with Gasteiger partial charge in [-0.15, -0.1) is 11.8 Å². The zero-order valence-corrected chi connectivity index (χ0v) is 13.8. The largest absolute Gasteiger partial charge is 0.351 e. The molecule has 0 aliphatic carbocycles. The lowest BCUT2D eigenvalue weighted by Gasteiger charge is -2.12. The monoisotopic (exact) mass is 317 g/mol. The van der Waals surface area contributed by atoms with Gasteiger partial charge in [-0.25, -0.2) is 4.39 Å². The van der Waals surface area contributed by atoms with Gasteiger partial charge in [-0.05, 0) is 50.1 Å². The van der Waals surface area contributed by atoms with E-state index in [1.165, 1.54) is 23.4 Å². The maximum Gasteiger partial charge on any atom is 0.233 e. The molecule has 1 amide bonds. The number of thioether (sulfide) groups is 1. The number of amides is 1. The second-order valence-corrected chi connectivity index (χ2v) is 6.79. The Hall–Kier alpha value is -1.81. The number of rotatable bonds is 5. The van der Waals surface area contributed by atoms with E-state index in [2.05, 4.69) is 5.32 Å². The standard InChI is InChI=1S/C18H20FNOS/c1-12-4-8-16(9-5-12)22-14(3)18(21)20-11-15-7-6-13(2)17(19)10-15/h4-10,14H,11H2,1-3H3,(H,20,21). The summed E-state index contributed by atoms with van der Waals surface area (Å²) in [6.45, 7) is 5.97. The van der Waals surface area contributed by atoms with Gasteiger partial charge in [0.15, 0.2) is 0 Å². The van der Waals surface area contributed by atoms with Crippen LogP contribution in [0.25, 0.3) is 0 Å². The first kappa shape index (κ1) is 16.6. The van der Waals surface area contributed by atoms with E-state index in [-0.39, 0.29) is 17.0 Å². The molecule has 4 heteroatoms. The molecule has 1 N–H and O–H groups in total. The van der Waals surface area contributed by atoms with Gasteiger partial charge in [-0.1, -0.05) is 29.8 Å². The van der Waals surface area contributed by atoms with Crippen LogP contribution in [-0.2, 0) is 11.3 Å². The van der Waals surface area contributed by atoms with Crippen molar-refractivity contribution in [3.8, 4) is 0 Å². The average molecular weight is 317 g/mol. The Bertz CT molecular complexity index is 655. The van der Waals surface area contributed by atoms with Crippen LogP contribution in [0.15, 0.2) is 47.4 Å². The smallest absolute Gasteiger partial charge is 0.233 e. The number of carbonyl (C=O) groups is 1. The Morgan fingerprint density at radius 3 is 2.50 bits per heavy atom. The SMILES string of the molecule is Cc1ccc(SC(C)C(=O)NCc2ccc(C)c(F)c2)cc1. The molecular weight excluding hydrogens is 297 g/mol. The predicted octanol–water partition coefficient (Wildman–Crippen LogP) is 4.24. The quantitative estimate of drug-likeness (QED) is 0.836. The number of hydrogen-bond acceptors (Lipinski definition) is 2. The fourth-order valence-corrected chi connectivity index (χ4v) is 2.85. The van der Waals surface area contributed by atoms with Gasteiger partial charge in [0.1, 0.15) is 5.82 Å². The summed E-state index contributed by atoms with van der Waals surface area (Å²) in [5, 5.41) is 2.65. The number of nitrogens with one attached hydrogen (secondary N) is 1. The minimum atomic E-state index is -0.242. The van der Waals surface area contributed by atoms with Crippen molar-refractivity contribution in [2.75, 3.05) is 0 Å². The maximum absolute atomic E-state index is 13.5. The minimum absolute atomic E-state index is 0.0495. The van der Waals surface area contributed by atoms with E-state index >= 15 is 0 Å². The zero-order chi connectivity index (χ0) is 16.1. The van der Waals surface area contributed by atoms with E-state index in [0.29, 0.717) is 12.1 Å². The highest BCUT2D eigenvalue weighted by Crippen LogP contribution is 2.23. The molecule has 22 heavy (non-hydrogen) atoms. The van der Waals surface area contributed by atoms with Crippen LogP contribution in [0.3, 0.4) is 0 Å². The molecule has 0 spiro atoms. The summed E-state index contributed by atoms with van der Waals surface area (Å²) < 4.78 is 13.5. The maximum atomic E-state index is 13.5. The van der Waals surface area contributed by atoms with Gasteiger partial charge in [-0.2, -0.15) is 0 Å². The van der Waals surface area contributed by atoms with E-state index in [4.69, 9.17) is 0 Å². The molecule has 0 fully saturated rings. The molecule has 1 atom stereocenters. The molecule has 0 saturated carbocycles. The van der Waals surface area contributed by atoms with Gasteiger partial charge in [-0.3, -0.25) is 4.79 Å². The fourth-order valence-electron chi connectivity index (χ4n) is 1.95. The van der Waals surface area contributed by atoms with Gasteiger partial charge in [0.25, 0.3) is 0 Å². The number of benzene rings is 2. The summed E-state index contributed by atoms with van der Waals surface area (Å²) in [5.41, 5.74) is 2.57. The molecule has 1 unspecified atom stereocenters. The molecule has 2 aromatic rings. The first-order valence-electron chi connectivity index (χ1n) is 7.22. The van der Waals surface area contributed by atoms with Crippen molar-refractivity contribution in [3.63, 3.8) is 0 Å². The fraction of sp³-hybridized carbons (Fsp3) is 0.278. The highest BCUT2D eigenvalue weighted by molar-refractivity contribution is 8.00. The van der Waals surface area contributed by atoms with Crippen molar-refractivity contribution in [2.45, 2.75) is 37.5 Å². The van der Waals surface area contributed by atoms with E-state index in [1.807, 2.05) is 44.2 Å². The third-order valence-electron chi connectivity index (χ3n) is 3.41. The molecule has 0 aliphatic heterocycles. The van der Waals surface area contributed by atoms with Crippen molar-refractivity contribution in [1.29, 1.82) is 0 Å². The first-order chi connectivity index (χ1) is 10.5. The Labute approximate surface area is 135 Å². The molecule has 0 aliphatic rings. The zero-order valence-electron chi connectivity index (χ0n) is 13.0. The first-order valence-corrected chi connectivity index (χ1v) is 8.10. The van der Waals surface area contributed by atoms with Gasteiger partial charge >= 0.3 is 0 Å². The van der Waals surface area contributed by atoms with E-state index < -0.39 is 0 Å². The van der Waals surface area contributed by atoms with Crippen LogP contribution < -0.4 is 5.32 Å². The number of carbonyl (C=O) groups excluding carboxylic acids is 1. The number of halogens is 1. The van der Waals surface area contributed by atoms with Gasteiger partial charge in [0, 0.05) is 11.4 Å². The summed E-state index contributed by atoms with van der Waals surface area (Å²) in [4.78, 5) is 13.2. The molecular formula is C18H20FNOS. The number of aryl methyl sites for hydroxylation is 2. The highest BCUT2D eigenvalue weighted by Gasteiger charge is 2.14. The summed E-state index contributed by atoms with van der Waals surface area (Å²) in [6.07, 6.45) is 0. The Balaban J connectivity index is 1.88. The van der Waals surface area contributed by atoms with Crippen molar-refractivity contribution in [3.05, 3.63) is 65.0 Å². The van der Waals surface area contributed by atoms with Crippen LogP contribution >= 0.6 is 11.8 Å². The van der Waals surface area contributed by atoms with Gasteiger partial charge in [0.05, 0.1) is 5.25 Å². The van der Waals surface area contributed by atoms with Crippen molar-refractivity contribution < 1.29 is 9.18 Å². The second-order valence-electron chi connectivity index (χ2n) is 5.37. The van der Waals surface area contributed by atoms with Crippen molar-refractivity contribution in [2.24, 2.45) is 0 Å². The molecule has 0 bridgehead atoms. The summed E-state index contributed by atoms with van der Waals surface area (Å²) in [5.74, 6) is -0.291. The molecule has 2 aromatic carbocycles. The normalized spacial score (nSPS) is 12.0. The molecule has 0 radical (unpaired) electrons. The molecule has 116 valence electrons. The lowest BCUT2D eigenvalue weighted by Crippen LogP contribution is -2.30. The third kappa shape index (κ3) is 4.60. The Kier molecular flexibility index (Phi) is 5.61. The second kappa shape index (κ2) is 7.45. The van der Waals surface area contributed by atoms with Gasteiger partial charge in [0.2, 0.25) is 5.91 Å². The van der Waals surface area contributed by atoms with E-state index in [0.717, 1.165) is 10.5 Å². The van der Waals surface area contributed by atoms with E-state index in [1.54, 1.807) is 13.0 Å². The van der Waals surface area contributed by atoms with Crippen LogP contribution in [-0.4, -0.2) is 11.2 Å². The van der Waals surface area contributed by atoms with Crippen molar-refractivity contribution in [1.82, 2.24) is 5.32 Å². The lowest BCUT2D eigenvalue weighted by atomic mass is 10.1. The van der Waals surface area contributed by atoms with E-state index in [9.17, 15) is 9.18 Å². The lowest BCUT2D eigenvalue weighted by molar-refractivity contribution is -0.120. The summed E-state index contributed by atoms with van der Waals surface area (Å²) in [7, 11) is 0. The Morgan fingerprint density at radius 1 is 1.18 bits per heavy atom. The van der Waals surface area contributed by atoms with Crippen molar-refractivity contribution >= 4 is 17.7 Å². The minimum Gasteiger partial charge on any atom is -0.351 e. The van der Waals surface area contributed by atoms with Crippen LogP contribution in [0, 0.1) is 19.7 Å². The molecule has 0 heterocycles. The van der Waals surface area contributed by atoms with Crippen LogP contribution in [0.5, 0.6) is 0 Å². The van der Waals surface area contributed by atoms with Gasteiger partial charge < -0.3 is 5.32 Å². The van der Waals surface area contributed by atoms with Crippen LogP contribution in [0.1, 0.15) is 23.6 Å². The third-order valence-corrected chi connectivity index (χ3v) is 4.52. The molecule has 2 rings (SSSR count). The molecule has 0 saturated heterocycles. The van der Waals surface area contributed by atoms with Crippen LogP contribution in [0.2, 0.25) is 0 Å². The molecule has 2 nitrogen and oxygen atoms in total.